The number of amides is 2. The Morgan fingerprint density at radius 2 is 1.97 bits per heavy atom. The van der Waals surface area contributed by atoms with Gasteiger partial charge in [0.2, 0.25) is 11.8 Å². The van der Waals surface area contributed by atoms with Gasteiger partial charge in [0.05, 0.1) is 5.02 Å². The molecule has 2 aromatic carbocycles. The first kappa shape index (κ1) is 23.6. The summed E-state index contributed by atoms with van der Waals surface area (Å²) in [5, 5.41) is 5.00. The first-order valence-corrected chi connectivity index (χ1v) is 11.7. The van der Waals surface area contributed by atoms with Crippen molar-refractivity contribution in [2.75, 3.05) is 12.4 Å². The lowest BCUT2D eigenvalue weighted by molar-refractivity contribution is -0.124. The fourth-order valence-corrected chi connectivity index (χ4v) is 4.88. The van der Waals surface area contributed by atoms with Gasteiger partial charge in [0.15, 0.2) is 0 Å². The zero-order chi connectivity index (χ0) is 22.8. The van der Waals surface area contributed by atoms with Gasteiger partial charge in [-0.3, -0.25) is 9.59 Å². The number of nitrogens with one attached hydrogen (secondary N) is 3. The van der Waals surface area contributed by atoms with E-state index in [4.69, 9.17) is 11.6 Å². The highest BCUT2D eigenvalue weighted by atomic mass is 79.9. The molecule has 1 fully saturated rings. The van der Waals surface area contributed by atoms with Crippen molar-refractivity contribution in [2.45, 2.75) is 25.0 Å². The predicted octanol–water partition coefficient (Wildman–Crippen LogP) is 2.40. The number of nitrogens with zero attached hydrogens (tertiary/aromatic N) is 1. The quantitative estimate of drug-likeness (QED) is 0.549. The Balaban J connectivity index is 1.72. The fraction of sp³-hybridized carbons (Fsp3) is 0.263. The highest BCUT2D eigenvalue weighted by molar-refractivity contribution is 9.10. The Kier molecular flexibility index (Phi) is 7.32. The number of anilines is 1. The van der Waals surface area contributed by atoms with Crippen LogP contribution in [0.5, 0.6) is 0 Å². The second-order valence-corrected chi connectivity index (χ2v) is 9.89. The Morgan fingerprint density at radius 1 is 1.26 bits per heavy atom. The molecule has 0 saturated carbocycles. The number of benzene rings is 2. The summed E-state index contributed by atoms with van der Waals surface area (Å²) < 4.78 is 42.2. The predicted molar refractivity (Wildman–Crippen MR) is 118 cm³/mol. The summed E-state index contributed by atoms with van der Waals surface area (Å²) in [5.74, 6) is -1.88. The van der Waals surface area contributed by atoms with Crippen molar-refractivity contribution in [3.8, 4) is 0 Å². The molecule has 3 rings (SSSR count). The maximum Gasteiger partial charge on any atom is 0.280 e. The number of likely N-dealkylation sites (N-methyl/N-ethyl adjacent to an activating group) is 1. The molecule has 2 aromatic rings. The Hall–Kier alpha value is -2.05. The summed E-state index contributed by atoms with van der Waals surface area (Å²) in [5.41, 5.74) is 1.02. The van der Waals surface area contributed by atoms with Crippen LogP contribution in [-0.2, 0) is 26.3 Å². The van der Waals surface area contributed by atoms with Crippen LogP contribution in [0.1, 0.15) is 12.0 Å². The zero-order valence-corrected chi connectivity index (χ0v) is 19.4. The molecule has 2 atom stereocenters. The second kappa shape index (κ2) is 9.61. The number of carbonyl (C=O) groups excluding carboxylic acids is 2. The molecule has 8 nitrogen and oxygen atoms in total. The van der Waals surface area contributed by atoms with E-state index < -0.39 is 39.9 Å². The van der Waals surface area contributed by atoms with Crippen LogP contribution in [0.2, 0.25) is 5.02 Å². The number of hydrogen-bond acceptors (Lipinski definition) is 4. The molecule has 0 bridgehead atoms. The Morgan fingerprint density at radius 3 is 2.65 bits per heavy atom. The molecule has 166 valence electrons. The third-order valence-corrected chi connectivity index (χ3v) is 7.44. The van der Waals surface area contributed by atoms with Crippen molar-refractivity contribution in [1.29, 1.82) is 0 Å². The molecule has 12 heteroatoms. The number of rotatable bonds is 5. The van der Waals surface area contributed by atoms with Crippen LogP contribution in [0, 0.1) is 5.82 Å². The van der Waals surface area contributed by atoms with Gasteiger partial charge in [-0.25, -0.2) is 4.39 Å². The van der Waals surface area contributed by atoms with Crippen LogP contribution in [0.4, 0.5) is 10.1 Å². The topological polar surface area (TPSA) is 108 Å². The molecule has 0 aliphatic carbocycles. The summed E-state index contributed by atoms with van der Waals surface area (Å²) in [6.07, 6.45) is -0.0989. The average Bonchev–Trinajstić information content (AvgIpc) is 2.71. The van der Waals surface area contributed by atoms with E-state index >= 15 is 0 Å². The Labute approximate surface area is 192 Å². The van der Waals surface area contributed by atoms with E-state index in [2.05, 4.69) is 31.3 Å². The van der Waals surface area contributed by atoms with Crippen LogP contribution in [0.25, 0.3) is 0 Å². The largest absolute Gasteiger partial charge is 0.351 e. The number of hydrogen-bond donors (Lipinski definition) is 3. The molecular weight excluding hydrogens is 515 g/mol. The van der Waals surface area contributed by atoms with E-state index in [1.165, 1.54) is 19.2 Å². The highest BCUT2D eigenvalue weighted by Gasteiger charge is 2.42. The molecule has 2 amide bonds. The molecule has 3 N–H and O–H groups in total. The van der Waals surface area contributed by atoms with Gasteiger partial charge in [0.1, 0.15) is 17.9 Å². The van der Waals surface area contributed by atoms with Crippen LogP contribution >= 0.6 is 27.5 Å². The summed E-state index contributed by atoms with van der Waals surface area (Å²) in [4.78, 5) is 25.4. The lowest BCUT2D eigenvalue weighted by atomic mass is 10.1. The van der Waals surface area contributed by atoms with Crippen molar-refractivity contribution in [3.63, 3.8) is 0 Å². The molecule has 2 unspecified atom stereocenters. The van der Waals surface area contributed by atoms with Crippen LogP contribution in [-0.4, -0.2) is 43.7 Å². The summed E-state index contributed by atoms with van der Waals surface area (Å²) in [6, 6.07) is 8.58. The summed E-state index contributed by atoms with van der Waals surface area (Å²) >= 11 is 9.10. The van der Waals surface area contributed by atoms with Crippen LogP contribution in [0.3, 0.4) is 0 Å². The van der Waals surface area contributed by atoms with Gasteiger partial charge in [0.25, 0.3) is 10.2 Å². The maximum atomic E-state index is 13.3. The SMILES string of the molecule is CN1C(C(=O)Nc2ccc(F)c(Cl)c2)CC(C(=O)NCc2ccccc2Br)NS1(=O)=O. The smallest absolute Gasteiger partial charge is 0.280 e. The standard InChI is InChI=1S/C19H19BrClFN4O4S/c1-26-17(19(28)24-12-6-7-15(22)14(21)8-12)9-16(25-31(26,29)30)18(27)23-10-11-4-2-3-5-13(11)20/h2-8,16-17,25H,9-10H2,1H3,(H,23,27)(H,24,28). The Bertz CT molecular complexity index is 1120. The van der Waals surface area contributed by atoms with Gasteiger partial charge in [-0.05, 0) is 36.2 Å². The fourth-order valence-electron chi connectivity index (χ4n) is 3.03. The molecule has 1 saturated heterocycles. The lowest BCUT2D eigenvalue weighted by Crippen LogP contribution is -2.62. The second-order valence-electron chi connectivity index (χ2n) is 6.87. The minimum absolute atomic E-state index is 0.0989. The van der Waals surface area contributed by atoms with Crippen molar-refractivity contribution >= 4 is 55.2 Å². The first-order valence-electron chi connectivity index (χ1n) is 9.11. The first-order chi connectivity index (χ1) is 14.6. The van der Waals surface area contributed by atoms with Gasteiger partial charge in [-0.2, -0.15) is 17.4 Å². The summed E-state index contributed by atoms with van der Waals surface area (Å²) in [7, 11) is -2.85. The molecule has 31 heavy (non-hydrogen) atoms. The summed E-state index contributed by atoms with van der Waals surface area (Å²) in [6.45, 7) is 0.180. The van der Waals surface area contributed by atoms with Crippen molar-refractivity contribution in [1.82, 2.24) is 14.3 Å². The van der Waals surface area contributed by atoms with Crippen molar-refractivity contribution in [2.24, 2.45) is 0 Å². The normalized spacial score (nSPS) is 20.8. The van der Waals surface area contributed by atoms with Gasteiger partial charge in [-0.15, -0.1) is 0 Å². The highest BCUT2D eigenvalue weighted by Crippen LogP contribution is 2.22. The molecule has 0 spiro atoms. The molecule has 1 aliphatic rings. The van der Waals surface area contributed by atoms with E-state index in [0.717, 1.165) is 20.4 Å². The number of halogens is 3. The lowest BCUT2D eigenvalue weighted by Gasteiger charge is -2.35. The minimum atomic E-state index is -4.08. The zero-order valence-electron chi connectivity index (χ0n) is 16.2. The van der Waals surface area contributed by atoms with E-state index in [1.807, 2.05) is 24.3 Å². The van der Waals surface area contributed by atoms with E-state index in [1.54, 1.807) is 0 Å². The third-order valence-electron chi connectivity index (χ3n) is 4.79. The van der Waals surface area contributed by atoms with E-state index in [-0.39, 0.29) is 23.7 Å². The average molecular weight is 534 g/mol. The van der Waals surface area contributed by atoms with Crippen LogP contribution in [0.15, 0.2) is 46.9 Å². The van der Waals surface area contributed by atoms with Crippen molar-refractivity contribution in [3.05, 3.63) is 63.3 Å². The van der Waals surface area contributed by atoms with Gasteiger partial charge in [0, 0.05) is 23.8 Å². The van der Waals surface area contributed by atoms with E-state index in [9.17, 15) is 22.4 Å². The minimum Gasteiger partial charge on any atom is -0.351 e. The molecule has 1 heterocycles. The molecule has 0 radical (unpaired) electrons. The van der Waals surface area contributed by atoms with Crippen LogP contribution < -0.4 is 15.4 Å². The van der Waals surface area contributed by atoms with E-state index in [0.29, 0.717) is 0 Å². The van der Waals surface area contributed by atoms with Crippen molar-refractivity contribution < 1.29 is 22.4 Å². The maximum absolute atomic E-state index is 13.3. The molecule has 1 aliphatic heterocycles. The molecule has 0 aromatic heterocycles. The molecular formula is C19H19BrClFN4O4S. The third kappa shape index (κ3) is 5.60. The van der Waals surface area contributed by atoms with Gasteiger partial charge < -0.3 is 10.6 Å². The van der Waals surface area contributed by atoms with Gasteiger partial charge in [-0.1, -0.05) is 45.7 Å². The van der Waals surface area contributed by atoms with Gasteiger partial charge >= 0.3 is 0 Å². The monoisotopic (exact) mass is 532 g/mol. The number of carbonyl (C=O) groups is 2.